The Morgan fingerprint density at radius 3 is 2.52 bits per heavy atom. The van der Waals surface area contributed by atoms with Crippen molar-refractivity contribution < 1.29 is 22.3 Å². The summed E-state index contributed by atoms with van der Waals surface area (Å²) in [5.41, 5.74) is -0.216. The average Bonchev–Trinajstić information content (AvgIpc) is 2.45. The van der Waals surface area contributed by atoms with Gasteiger partial charge in [0.2, 0.25) is 0 Å². The van der Waals surface area contributed by atoms with Gasteiger partial charge in [0.05, 0.1) is 12.7 Å². The Bertz CT molecular complexity index is 625. The fourth-order valence-electron chi connectivity index (χ4n) is 1.84. The van der Waals surface area contributed by atoms with E-state index in [1.807, 2.05) is 0 Å². The SMILES string of the molecule is COc1cccc(NCc2ccc(F)c(C(F)(F)F)c2)c1. The molecule has 0 atom stereocenters. The maximum absolute atomic E-state index is 13.2. The number of ether oxygens (including phenoxy) is 1. The smallest absolute Gasteiger partial charge is 0.419 e. The van der Waals surface area contributed by atoms with Crippen LogP contribution in [-0.2, 0) is 12.7 Å². The number of alkyl halides is 3. The van der Waals surface area contributed by atoms with Crippen molar-refractivity contribution in [2.75, 3.05) is 12.4 Å². The zero-order valence-corrected chi connectivity index (χ0v) is 11.2. The number of benzene rings is 2. The van der Waals surface area contributed by atoms with Gasteiger partial charge in [0, 0.05) is 18.3 Å². The largest absolute Gasteiger partial charge is 0.497 e. The van der Waals surface area contributed by atoms with E-state index in [1.54, 1.807) is 24.3 Å². The summed E-state index contributed by atoms with van der Waals surface area (Å²) in [7, 11) is 1.52. The molecule has 2 aromatic carbocycles. The number of hydrogen-bond acceptors (Lipinski definition) is 2. The molecule has 0 aliphatic carbocycles. The second-order valence-corrected chi connectivity index (χ2v) is 4.40. The van der Waals surface area contributed by atoms with Crippen LogP contribution in [0.1, 0.15) is 11.1 Å². The molecule has 112 valence electrons. The first-order chi connectivity index (χ1) is 9.90. The molecule has 0 bridgehead atoms. The lowest BCUT2D eigenvalue weighted by Gasteiger charge is -2.12. The number of anilines is 1. The molecule has 2 rings (SSSR count). The highest BCUT2D eigenvalue weighted by molar-refractivity contribution is 5.48. The highest BCUT2D eigenvalue weighted by atomic mass is 19.4. The summed E-state index contributed by atoms with van der Waals surface area (Å²) in [6.07, 6.45) is -4.70. The van der Waals surface area contributed by atoms with Crippen molar-refractivity contribution in [3.63, 3.8) is 0 Å². The summed E-state index contributed by atoms with van der Waals surface area (Å²) in [6, 6.07) is 9.94. The van der Waals surface area contributed by atoms with Crippen LogP contribution < -0.4 is 10.1 Å². The molecule has 0 spiro atoms. The molecular formula is C15H13F4NO. The van der Waals surface area contributed by atoms with Crippen molar-refractivity contribution in [2.45, 2.75) is 12.7 Å². The normalized spacial score (nSPS) is 11.3. The van der Waals surface area contributed by atoms with Crippen molar-refractivity contribution in [1.82, 2.24) is 0 Å². The van der Waals surface area contributed by atoms with Gasteiger partial charge in [0.25, 0.3) is 0 Å². The van der Waals surface area contributed by atoms with E-state index in [9.17, 15) is 17.6 Å². The van der Waals surface area contributed by atoms with Crippen LogP contribution in [0.5, 0.6) is 5.75 Å². The molecule has 0 saturated carbocycles. The van der Waals surface area contributed by atoms with Crippen molar-refractivity contribution in [1.29, 1.82) is 0 Å². The number of halogens is 4. The molecule has 0 radical (unpaired) electrons. The Kier molecular flexibility index (Phi) is 4.35. The molecule has 2 nitrogen and oxygen atoms in total. The van der Waals surface area contributed by atoms with Crippen LogP contribution >= 0.6 is 0 Å². The minimum absolute atomic E-state index is 0.149. The van der Waals surface area contributed by atoms with Crippen LogP contribution in [0.4, 0.5) is 23.2 Å². The predicted octanol–water partition coefficient (Wildman–Crippen LogP) is 4.47. The summed E-state index contributed by atoms with van der Waals surface area (Å²) in [6.45, 7) is 0.149. The zero-order valence-electron chi connectivity index (χ0n) is 11.2. The van der Waals surface area contributed by atoms with Crippen LogP contribution in [0.2, 0.25) is 0 Å². The first-order valence-corrected chi connectivity index (χ1v) is 6.13. The lowest BCUT2D eigenvalue weighted by Crippen LogP contribution is -2.10. The highest BCUT2D eigenvalue weighted by Gasteiger charge is 2.34. The maximum Gasteiger partial charge on any atom is 0.419 e. The first-order valence-electron chi connectivity index (χ1n) is 6.13. The molecule has 1 N–H and O–H groups in total. The van der Waals surface area contributed by atoms with E-state index >= 15 is 0 Å². The van der Waals surface area contributed by atoms with E-state index in [0.717, 1.165) is 12.1 Å². The van der Waals surface area contributed by atoms with Crippen molar-refractivity contribution in [3.8, 4) is 5.75 Å². The number of hydrogen-bond donors (Lipinski definition) is 1. The van der Waals surface area contributed by atoms with Gasteiger partial charge < -0.3 is 10.1 Å². The van der Waals surface area contributed by atoms with Crippen LogP contribution in [0, 0.1) is 5.82 Å². The van der Waals surface area contributed by atoms with Gasteiger partial charge in [-0.15, -0.1) is 0 Å². The minimum Gasteiger partial charge on any atom is -0.497 e. The highest BCUT2D eigenvalue weighted by Crippen LogP contribution is 2.32. The Morgan fingerprint density at radius 1 is 1.10 bits per heavy atom. The topological polar surface area (TPSA) is 21.3 Å². The van der Waals surface area contributed by atoms with Gasteiger partial charge in [0.1, 0.15) is 11.6 Å². The van der Waals surface area contributed by atoms with Crippen LogP contribution in [0.3, 0.4) is 0 Å². The first kappa shape index (κ1) is 15.2. The summed E-state index contributed by atoms with van der Waals surface area (Å²) < 4.78 is 56.1. The monoisotopic (exact) mass is 299 g/mol. The Labute approximate surface area is 119 Å². The van der Waals surface area contributed by atoms with E-state index in [4.69, 9.17) is 4.74 Å². The van der Waals surface area contributed by atoms with E-state index in [2.05, 4.69) is 5.32 Å². The van der Waals surface area contributed by atoms with Crippen LogP contribution in [-0.4, -0.2) is 7.11 Å². The molecule has 21 heavy (non-hydrogen) atoms. The quantitative estimate of drug-likeness (QED) is 0.841. The molecule has 0 aromatic heterocycles. The Morgan fingerprint density at radius 2 is 1.86 bits per heavy atom. The van der Waals surface area contributed by atoms with Gasteiger partial charge in [-0.1, -0.05) is 12.1 Å². The lowest BCUT2D eigenvalue weighted by molar-refractivity contribution is -0.140. The van der Waals surface area contributed by atoms with Crippen molar-refractivity contribution >= 4 is 5.69 Å². The Hall–Kier alpha value is -2.24. The zero-order chi connectivity index (χ0) is 15.5. The van der Waals surface area contributed by atoms with Gasteiger partial charge in [0.15, 0.2) is 0 Å². The number of methoxy groups -OCH3 is 1. The minimum atomic E-state index is -4.70. The molecule has 0 unspecified atom stereocenters. The standard InChI is InChI=1S/C15H13F4NO/c1-21-12-4-2-3-11(8-12)20-9-10-5-6-14(16)13(7-10)15(17,18)19/h2-8,20H,9H2,1H3. The fraction of sp³-hybridized carbons (Fsp3) is 0.200. The molecular weight excluding hydrogens is 286 g/mol. The van der Waals surface area contributed by atoms with E-state index in [0.29, 0.717) is 17.0 Å². The summed E-state index contributed by atoms with van der Waals surface area (Å²) in [4.78, 5) is 0. The fourth-order valence-corrected chi connectivity index (χ4v) is 1.84. The second kappa shape index (κ2) is 6.03. The molecule has 0 saturated heterocycles. The molecule has 0 amide bonds. The van der Waals surface area contributed by atoms with Crippen molar-refractivity contribution in [2.24, 2.45) is 0 Å². The van der Waals surface area contributed by atoms with Gasteiger partial charge in [-0.05, 0) is 29.8 Å². The van der Waals surface area contributed by atoms with Gasteiger partial charge >= 0.3 is 6.18 Å². The summed E-state index contributed by atoms with van der Waals surface area (Å²) in [5.74, 6) is -0.636. The molecule has 0 fully saturated rings. The third-order valence-electron chi connectivity index (χ3n) is 2.90. The summed E-state index contributed by atoms with van der Waals surface area (Å²) >= 11 is 0. The third-order valence-corrected chi connectivity index (χ3v) is 2.90. The predicted molar refractivity (Wildman–Crippen MR) is 71.7 cm³/mol. The average molecular weight is 299 g/mol. The van der Waals surface area contributed by atoms with E-state index < -0.39 is 17.6 Å². The van der Waals surface area contributed by atoms with Crippen LogP contribution in [0.15, 0.2) is 42.5 Å². The molecule has 0 heterocycles. The molecule has 0 aliphatic heterocycles. The van der Waals surface area contributed by atoms with Gasteiger partial charge in [-0.2, -0.15) is 13.2 Å². The van der Waals surface area contributed by atoms with Gasteiger partial charge in [-0.3, -0.25) is 0 Å². The molecule has 0 aliphatic rings. The third kappa shape index (κ3) is 3.87. The van der Waals surface area contributed by atoms with Crippen molar-refractivity contribution in [3.05, 3.63) is 59.4 Å². The second-order valence-electron chi connectivity index (χ2n) is 4.40. The lowest BCUT2D eigenvalue weighted by atomic mass is 10.1. The van der Waals surface area contributed by atoms with E-state index in [1.165, 1.54) is 13.2 Å². The van der Waals surface area contributed by atoms with E-state index in [-0.39, 0.29) is 6.54 Å². The number of nitrogens with one attached hydrogen (secondary N) is 1. The summed E-state index contributed by atoms with van der Waals surface area (Å²) in [5, 5.41) is 2.96. The number of rotatable bonds is 4. The molecule has 2 aromatic rings. The van der Waals surface area contributed by atoms with Crippen LogP contribution in [0.25, 0.3) is 0 Å². The Balaban J connectivity index is 2.13. The maximum atomic E-state index is 13.2. The van der Waals surface area contributed by atoms with Gasteiger partial charge in [-0.25, -0.2) is 4.39 Å². The molecule has 6 heteroatoms.